The van der Waals surface area contributed by atoms with E-state index in [4.69, 9.17) is 0 Å². The molecule has 0 atom stereocenters. The molecular weight excluding hydrogens is 178 g/mol. The lowest BCUT2D eigenvalue weighted by Gasteiger charge is -2.15. The summed E-state index contributed by atoms with van der Waals surface area (Å²) in [6.45, 7) is 0. The Balaban J connectivity index is 2.97. The SMILES string of the molecule is CN(C)c1ccccc1C=CCS. The van der Waals surface area contributed by atoms with Gasteiger partial charge in [-0.15, -0.1) is 0 Å². The molecule has 0 fully saturated rings. The molecule has 0 aromatic heterocycles. The molecule has 0 aliphatic heterocycles. The number of benzene rings is 1. The average Bonchev–Trinajstić information content (AvgIpc) is 2.15. The molecule has 1 aromatic carbocycles. The average molecular weight is 193 g/mol. The Hall–Kier alpha value is -0.890. The van der Waals surface area contributed by atoms with Crippen molar-refractivity contribution in [3.05, 3.63) is 35.9 Å². The van der Waals surface area contributed by atoms with Crippen LogP contribution in [-0.2, 0) is 0 Å². The van der Waals surface area contributed by atoms with Crippen LogP contribution in [0.1, 0.15) is 5.56 Å². The Morgan fingerprint density at radius 2 is 2.00 bits per heavy atom. The molecule has 0 heterocycles. The number of hydrogen-bond donors (Lipinski definition) is 1. The Morgan fingerprint density at radius 3 is 2.62 bits per heavy atom. The maximum absolute atomic E-state index is 4.14. The number of nitrogens with zero attached hydrogens (tertiary/aromatic N) is 1. The van der Waals surface area contributed by atoms with Gasteiger partial charge in [0.25, 0.3) is 0 Å². The molecule has 70 valence electrons. The third-order valence-electron chi connectivity index (χ3n) is 1.82. The van der Waals surface area contributed by atoms with Gasteiger partial charge in [0.05, 0.1) is 0 Å². The Labute approximate surface area is 85.5 Å². The maximum Gasteiger partial charge on any atom is 0.0434 e. The first kappa shape index (κ1) is 10.2. The van der Waals surface area contributed by atoms with Gasteiger partial charge in [-0.2, -0.15) is 12.6 Å². The molecule has 1 rings (SSSR count). The van der Waals surface area contributed by atoms with Crippen molar-refractivity contribution in [1.29, 1.82) is 0 Å². The van der Waals surface area contributed by atoms with Gasteiger partial charge in [0.2, 0.25) is 0 Å². The molecule has 0 unspecified atom stereocenters. The number of anilines is 1. The summed E-state index contributed by atoms with van der Waals surface area (Å²) in [5.41, 5.74) is 2.47. The maximum atomic E-state index is 4.14. The van der Waals surface area contributed by atoms with Crippen molar-refractivity contribution in [3.8, 4) is 0 Å². The lowest BCUT2D eigenvalue weighted by atomic mass is 10.1. The van der Waals surface area contributed by atoms with E-state index in [1.165, 1.54) is 11.3 Å². The molecule has 0 spiro atoms. The zero-order valence-electron chi connectivity index (χ0n) is 8.07. The van der Waals surface area contributed by atoms with Crippen molar-refractivity contribution in [1.82, 2.24) is 0 Å². The number of hydrogen-bond acceptors (Lipinski definition) is 2. The van der Waals surface area contributed by atoms with E-state index in [2.05, 4.69) is 35.7 Å². The zero-order chi connectivity index (χ0) is 9.68. The Kier molecular flexibility index (Phi) is 3.90. The Morgan fingerprint density at radius 1 is 1.31 bits per heavy atom. The van der Waals surface area contributed by atoms with E-state index in [-0.39, 0.29) is 0 Å². The van der Waals surface area contributed by atoms with Crippen LogP contribution in [0.15, 0.2) is 30.3 Å². The fraction of sp³-hybridized carbons (Fsp3) is 0.273. The van der Waals surface area contributed by atoms with Gasteiger partial charge in [0, 0.05) is 25.5 Å². The molecule has 13 heavy (non-hydrogen) atoms. The van der Waals surface area contributed by atoms with E-state index < -0.39 is 0 Å². The van der Waals surface area contributed by atoms with Crippen molar-refractivity contribution >= 4 is 24.4 Å². The van der Waals surface area contributed by atoms with Crippen LogP contribution in [-0.4, -0.2) is 19.8 Å². The third kappa shape index (κ3) is 2.81. The number of thiol groups is 1. The molecule has 0 amide bonds. The van der Waals surface area contributed by atoms with Crippen LogP contribution >= 0.6 is 12.6 Å². The van der Waals surface area contributed by atoms with E-state index >= 15 is 0 Å². The highest BCUT2D eigenvalue weighted by Crippen LogP contribution is 2.18. The minimum absolute atomic E-state index is 0.780. The van der Waals surface area contributed by atoms with Crippen LogP contribution in [0.25, 0.3) is 6.08 Å². The minimum atomic E-state index is 0.780. The summed E-state index contributed by atoms with van der Waals surface area (Å²) in [4.78, 5) is 2.11. The first-order valence-electron chi connectivity index (χ1n) is 4.29. The molecule has 0 aliphatic carbocycles. The number of para-hydroxylation sites is 1. The van der Waals surface area contributed by atoms with Crippen LogP contribution in [0.5, 0.6) is 0 Å². The Bertz CT molecular complexity index is 292. The zero-order valence-corrected chi connectivity index (χ0v) is 8.96. The van der Waals surface area contributed by atoms with E-state index in [9.17, 15) is 0 Å². The van der Waals surface area contributed by atoms with Crippen LogP contribution in [0.3, 0.4) is 0 Å². The lowest BCUT2D eigenvalue weighted by molar-refractivity contribution is 1.13. The monoisotopic (exact) mass is 193 g/mol. The van der Waals surface area contributed by atoms with E-state index in [1.54, 1.807) is 0 Å². The summed E-state index contributed by atoms with van der Waals surface area (Å²) in [6.07, 6.45) is 4.15. The van der Waals surface area contributed by atoms with Crippen LogP contribution in [0, 0.1) is 0 Å². The van der Waals surface area contributed by atoms with Gasteiger partial charge in [-0.3, -0.25) is 0 Å². The lowest BCUT2D eigenvalue weighted by Crippen LogP contribution is -2.09. The normalized spacial score (nSPS) is 10.7. The van der Waals surface area contributed by atoms with E-state index in [0.717, 1.165) is 5.75 Å². The molecule has 0 saturated carbocycles. The van der Waals surface area contributed by atoms with Crippen LogP contribution < -0.4 is 4.90 Å². The molecule has 2 heteroatoms. The largest absolute Gasteiger partial charge is 0.377 e. The first-order valence-corrected chi connectivity index (χ1v) is 4.92. The second-order valence-electron chi connectivity index (χ2n) is 3.04. The summed E-state index contributed by atoms with van der Waals surface area (Å²) < 4.78 is 0. The molecular formula is C11H15NS. The van der Waals surface area contributed by atoms with Crippen LogP contribution in [0.4, 0.5) is 5.69 Å². The molecule has 0 radical (unpaired) electrons. The van der Waals surface area contributed by atoms with E-state index in [1.807, 2.05) is 32.3 Å². The number of rotatable bonds is 3. The van der Waals surface area contributed by atoms with Crippen molar-refractivity contribution in [2.24, 2.45) is 0 Å². The summed E-state index contributed by atoms with van der Waals surface area (Å²) in [7, 11) is 4.10. The second-order valence-corrected chi connectivity index (χ2v) is 3.40. The van der Waals surface area contributed by atoms with Crippen molar-refractivity contribution in [3.63, 3.8) is 0 Å². The van der Waals surface area contributed by atoms with Gasteiger partial charge in [-0.25, -0.2) is 0 Å². The molecule has 0 N–H and O–H groups in total. The van der Waals surface area contributed by atoms with Gasteiger partial charge in [-0.1, -0.05) is 30.4 Å². The summed E-state index contributed by atoms with van der Waals surface area (Å²) in [5.74, 6) is 0.780. The van der Waals surface area contributed by atoms with Crippen molar-refractivity contribution in [2.75, 3.05) is 24.7 Å². The minimum Gasteiger partial charge on any atom is -0.377 e. The smallest absolute Gasteiger partial charge is 0.0434 e. The first-order chi connectivity index (χ1) is 6.25. The highest BCUT2D eigenvalue weighted by Gasteiger charge is 1.98. The molecule has 1 nitrogen and oxygen atoms in total. The van der Waals surface area contributed by atoms with Crippen molar-refractivity contribution in [2.45, 2.75) is 0 Å². The second kappa shape index (κ2) is 4.97. The summed E-state index contributed by atoms with van der Waals surface area (Å²) >= 11 is 4.14. The molecule has 0 bridgehead atoms. The molecule has 1 aromatic rings. The standard InChI is InChI=1S/C11H15NS/c1-12(2)11-8-4-3-6-10(11)7-5-9-13/h3-8,13H,9H2,1-2H3. The fourth-order valence-electron chi connectivity index (χ4n) is 1.22. The third-order valence-corrected chi connectivity index (χ3v) is 2.03. The highest BCUT2D eigenvalue weighted by molar-refractivity contribution is 7.80. The van der Waals surface area contributed by atoms with Gasteiger partial charge in [0.15, 0.2) is 0 Å². The summed E-state index contributed by atoms with van der Waals surface area (Å²) in [6, 6.07) is 8.31. The van der Waals surface area contributed by atoms with Gasteiger partial charge in [0.1, 0.15) is 0 Å². The quantitative estimate of drug-likeness (QED) is 0.722. The molecule has 0 saturated heterocycles. The van der Waals surface area contributed by atoms with E-state index in [0.29, 0.717) is 0 Å². The topological polar surface area (TPSA) is 3.24 Å². The van der Waals surface area contributed by atoms with Gasteiger partial charge < -0.3 is 4.90 Å². The van der Waals surface area contributed by atoms with Gasteiger partial charge >= 0.3 is 0 Å². The predicted octanol–water partition coefficient (Wildman–Crippen LogP) is 2.70. The van der Waals surface area contributed by atoms with Gasteiger partial charge in [-0.05, 0) is 11.6 Å². The highest BCUT2D eigenvalue weighted by atomic mass is 32.1. The van der Waals surface area contributed by atoms with Crippen LogP contribution in [0.2, 0.25) is 0 Å². The predicted molar refractivity (Wildman–Crippen MR) is 63.7 cm³/mol. The summed E-state index contributed by atoms with van der Waals surface area (Å²) in [5, 5.41) is 0. The van der Waals surface area contributed by atoms with Crippen molar-refractivity contribution < 1.29 is 0 Å². The molecule has 0 aliphatic rings. The fourth-order valence-corrected chi connectivity index (χ4v) is 1.32.